The molecule has 0 saturated heterocycles. The van der Waals surface area contributed by atoms with Crippen molar-refractivity contribution in [2.24, 2.45) is 0 Å². The number of fused-ring (bicyclic) bond motifs is 1. The number of rotatable bonds is 5. The number of nitrogens with zero attached hydrogens (tertiary/aromatic N) is 3. The number of carbonyl (C=O) groups is 1. The molecule has 2 aromatic heterocycles. The number of benzene rings is 1. The molecule has 7 heteroatoms. The van der Waals surface area contributed by atoms with Gasteiger partial charge in [0.05, 0.1) is 0 Å². The molecular weight excluding hydrogens is 294 g/mol. The minimum Gasteiger partial charge on any atom is -0.306 e. The first kappa shape index (κ1) is 15.0. The fourth-order valence-electron chi connectivity index (χ4n) is 2.24. The van der Waals surface area contributed by atoms with Crippen molar-refractivity contribution in [2.75, 3.05) is 5.32 Å². The van der Waals surface area contributed by atoms with Gasteiger partial charge in [0.1, 0.15) is 5.82 Å². The highest BCUT2D eigenvalue weighted by atomic mass is 16.2. The van der Waals surface area contributed by atoms with Crippen LogP contribution in [0.3, 0.4) is 0 Å². The van der Waals surface area contributed by atoms with Crippen LogP contribution in [-0.4, -0.2) is 25.5 Å². The number of aromatic nitrogens is 4. The standard InChI is InChI=1S/C16H17N5O2/c1-2-3-9-12-17-16-19-14(22)10-13(21(16)20-12)18-15(23)11-7-5-4-6-8-11/h4-8,10H,2-3,9H2,1H3,(H,18,23)(H,17,19,20,22). The summed E-state index contributed by atoms with van der Waals surface area (Å²) in [5, 5.41) is 7.07. The van der Waals surface area contributed by atoms with E-state index in [4.69, 9.17) is 0 Å². The number of hydrogen-bond acceptors (Lipinski definition) is 4. The number of amides is 1. The van der Waals surface area contributed by atoms with Crippen molar-refractivity contribution < 1.29 is 4.79 Å². The summed E-state index contributed by atoms with van der Waals surface area (Å²) >= 11 is 0. The maximum Gasteiger partial charge on any atom is 0.256 e. The minimum atomic E-state index is -0.338. The Kier molecular flexibility index (Phi) is 4.18. The van der Waals surface area contributed by atoms with Crippen molar-refractivity contribution >= 4 is 17.5 Å². The van der Waals surface area contributed by atoms with Crippen LogP contribution in [0.4, 0.5) is 5.82 Å². The summed E-state index contributed by atoms with van der Waals surface area (Å²) in [5.41, 5.74) is 0.169. The van der Waals surface area contributed by atoms with E-state index in [1.54, 1.807) is 24.3 Å². The Balaban J connectivity index is 1.94. The highest BCUT2D eigenvalue weighted by Gasteiger charge is 2.12. The van der Waals surface area contributed by atoms with E-state index in [-0.39, 0.29) is 11.5 Å². The average Bonchev–Trinajstić information content (AvgIpc) is 2.96. The average molecular weight is 311 g/mol. The van der Waals surface area contributed by atoms with Gasteiger partial charge in [-0.2, -0.15) is 9.50 Å². The number of aromatic amines is 1. The summed E-state index contributed by atoms with van der Waals surface area (Å²) in [6.07, 6.45) is 2.72. The normalized spacial score (nSPS) is 10.8. The van der Waals surface area contributed by atoms with E-state index in [2.05, 4.69) is 27.3 Å². The van der Waals surface area contributed by atoms with Gasteiger partial charge >= 0.3 is 0 Å². The van der Waals surface area contributed by atoms with Crippen molar-refractivity contribution in [1.29, 1.82) is 0 Å². The summed E-state index contributed by atoms with van der Waals surface area (Å²) in [6.45, 7) is 2.09. The molecule has 1 aromatic carbocycles. The van der Waals surface area contributed by atoms with Gasteiger partial charge in [-0.15, -0.1) is 5.10 Å². The number of hydrogen-bond donors (Lipinski definition) is 2. The van der Waals surface area contributed by atoms with Crippen LogP contribution in [0.15, 0.2) is 41.2 Å². The number of carbonyl (C=O) groups excluding carboxylic acids is 1. The molecule has 7 nitrogen and oxygen atoms in total. The van der Waals surface area contributed by atoms with E-state index in [0.717, 1.165) is 19.3 Å². The molecular formula is C16H17N5O2. The lowest BCUT2D eigenvalue weighted by Crippen LogP contribution is -2.18. The van der Waals surface area contributed by atoms with Gasteiger partial charge in [0, 0.05) is 18.1 Å². The van der Waals surface area contributed by atoms with Gasteiger partial charge in [0.25, 0.3) is 11.5 Å². The zero-order chi connectivity index (χ0) is 16.2. The van der Waals surface area contributed by atoms with E-state index >= 15 is 0 Å². The molecule has 0 spiro atoms. The number of anilines is 1. The molecule has 0 aliphatic heterocycles. The molecule has 1 amide bonds. The highest BCUT2D eigenvalue weighted by molar-refractivity contribution is 6.03. The Morgan fingerprint density at radius 2 is 2.09 bits per heavy atom. The van der Waals surface area contributed by atoms with Crippen LogP contribution in [0, 0.1) is 0 Å². The molecule has 2 N–H and O–H groups in total. The Labute approximate surface area is 132 Å². The van der Waals surface area contributed by atoms with Crippen molar-refractivity contribution in [3.63, 3.8) is 0 Å². The second-order valence-corrected chi connectivity index (χ2v) is 5.21. The second-order valence-electron chi connectivity index (χ2n) is 5.21. The van der Waals surface area contributed by atoms with E-state index in [1.807, 2.05) is 6.07 Å². The minimum absolute atomic E-state index is 0.299. The van der Waals surface area contributed by atoms with Crippen LogP contribution < -0.4 is 10.9 Å². The third-order valence-corrected chi connectivity index (χ3v) is 3.41. The Morgan fingerprint density at radius 1 is 1.30 bits per heavy atom. The Hall–Kier alpha value is -2.96. The number of unbranched alkanes of at least 4 members (excludes halogenated alkanes) is 1. The monoisotopic (exact) mass is 311 g/mol. The van der Waals surface area contributed by atoms with Crippen molar-refractivity contribution in [3.05, 3.63) is 58.1 Å². The highest BCUT2D eigenvalue weighted by Crippen LogP contribution is 2.10. The topological polar surface area (TPSA) is 92.1 Å². The summed E-state index contributed by atoms with van der Waals surface area (Å²) in [4.78, 5) is 30.9. The van der Waals surface area contributed by atoms with Gasteiger partial charge in [-0.25, -0.2) is 0 Å². The SMILES string of the molecule is CCCCc1nc2[nH]c(=O)cc(NC(=O)c3ccccc3)n2n1. The fourth-order valence-corrected chi connectivity index (χ4v) is 2.24. The van der Waals surface area contributed by atoms with E-state index < -0.39 is 0 Å². The second kappa shape index (κ2) is 6.43. The Bertz CT molecular complexity index is 882. The van der Waals surface area contributed by atoms with E-state index in [9.17, 15) is 9.59 Å². The molecule has 3 rings (SSSR count). The molecule has 23 heavy (non-hydrogen) atoms. The van der Waals surface area contributed by atoms with Crippen LogP contribution in [0.2, 0.25) is 0 Å². The van der Waals surface area contributed by atoms with Crippen LogP contribution >= 0.6 is 0 Å². The van der Waals surface area contributed by atoms with Crippen molar-refractivity contribution in [1.82, 2.24) is 19.6 Å². The molecule has 0 atom stereocenters. The van der Waals surface area contributed by atoms with Crippen molar-refractivity contribution in [3.8, 4) is 0 Å². The summed E-state index contributed by atoms with van der Waals surface area (Å²) < 4.78 is 1.45. The Morgan fingerprint density at radius 3 is 2.83 bits per heavy atom. The lowest BCUT2D eigenvalue weighted by molar-refractivity contribution is 0.102. The molecule has 0 radical (unpaired) electrons. The van der Waals surface area contributed by atoms with Crippen LogP contribution in [0.1, 0.15) is 35.9 Å². The molecule has 0 saturated carbocycles. The summed E-state index contributed by atoms with van der Waals surface area (Å²) in [7, 11) is 0. The molecule has 0 fully saturated rings. The van der Waals surface area contributed by atoms with Gasteiger partial charge in [-0.3, -0.25) is 14.6 Å². The van der Waals surface area contributed by atoms with Gasteiger partial charge in [-0.1, -0.05) is 31.5 Å². The molecule has 3 aromatic rings. The molecule has 118 valence electrons. The zero-order valence-corrected chi connectivity index (χ0v) is 12.7. The molecule has 0 aliphatic rings. The van der Waals surface area contributed by atoms with Gasteiger partial charge < -0.3 is 5.32 Å². The van der Waals surface area contributed by atoms with Crippen molar-refractivity contribution in [2.45, 2.75) is 26.2 Å². The number of aryl methyl sites for hydroxylation is 1. The lowest BCUT2D eigenvalue weighted by atomic mass is 10.2. The fraction of sp³-hybridized carbons (Fsp3) is 0.250. The first-order chi connectivity index (χ1) is 11.2. The smallest absolute Gasteiger partial charge is 0.256 e. The van der Waals surface area contributed by atoms with Gasteiger partial charge in [-0.05, 0) is 18.6 Å². The third kappa shape index (κ3) is 3.28. The lowest BCUT2D eigenvalue weighted by Gasteiger charge is -2.06. The third-order valence-electron chi connectivity index (χ3n) is 3.41. The molecule has 0 bridgehead atoms. The first-order valence-corrected chi connectivity index (χ1v) is 7.52. The maximum absolute atomic E-state index is 12.3. The van der Waals surface area contributed by atoms with Gasteiger partial charge in [0.15, 0.2) is 5.82 Å². The summed E-state index contributed by atoms with van der Waals surface area (Å²) in [5.74, 6) is 0.965. The van der Waals surface area contributed by atoms with Crippen LogP contribution in [-0.2, 0) is 6.42 Å². The quantitative estimate of drug-likeness (QED) is 0.754. The summed E-state index contributed by atoms with van der Waals surface area (Å²) in [6, 6.07) is 10.1. The van der Waals surface area contributed by atoms with Crippen LogP contribution in [0.25, 0.3) is 5.78 Å². The molecule has 0 aliphatic carbocycles. The maximum atomic E-state index is 12.3. The number of nitrogens with one attached hydrogen (secondary N) is 2. The predicted molar refractivity (Wildman–Crippen MR) is 86.6 cm³/mol. The molecule has 0 unspecified atom stereocenters. The molecule has 2 heterocycles. The largest absolute Gasteiger partial charge is 0.306 e. The predicted octanol–water partition coefficient (Wildman–Crippen LogP) is 2.01. The zero-order valence-electron chi connectivity index (χ0n) is 12.7. The van der Waals surface area contributed by atoms with E-state index in [0.29, 0.717) is 23.0 Å². The first-order valence-electron chi connectivity index (χ1n) is 7.52. The van der Waals surface area contributed by atoms with Crippen LogP contribution in [0.5, 0.6) is 0 Å². The van der Waals surface area contributed by atoms with E-state index in [1.165, 1.54) is 10.6 Å². The number of H-pyrrole nitrogens is 1. The van der Waals surface area contributed by atoms with Gasteiger partial charge in [0.2, 0.25) is 5.78 Å².